The van der Waals surface area contributed by atoms with Gasteiger partial charge in [-0.1, -0.05) is 36.4 Å². The number of hydrogen-bond acceptors (Lipinski definition) is 2. The fraction of sp³-hybridized carbons (Fsp3) is 0.381. The summed E-state index contributed by atoms with van der Waals surface area (Å²) in [6.45, 7) is 5.83. The van der Waals surface area contributed by atoms with E-state index in [0.717, 1.165) is 36.1 Å². The summed E-state index contributed by atoms with van der Waals surface area (Å²) in [6.07, 6.45) is 2.67. The Morgan fingerprint density at radius 2 is 2.00 bits per heavy atom. The van der Waals surface area contributed by atoms with Gasteiger partial charge in [0.05, 0.1) is 6.04 Å². The van der Waals surface area contributed by atoms with Crippen molar-refractivity contribution in [1.82, 2.24) is 5.32 Å². The zero-order chi connectivity index (χ0) is 17.1. The van der Waals surface area contributed by atoms with Crippen LogP contribution in [0.1, 0.15) is 48.1 Å². The molecule has 2 aromatic rings. The van der Waals surface area contributed by atoms with Crippen LogP contribution in [0, 0.1) is 13.8 Å². The Morgan fingerprint density at radius 3 is 2.83 bits per heavy atom. The molecule has 1 N–H and O–H groups in total. The Labute approximate surface area is 144 Å². The fourth-order valence-electron chi connectivity index (χ4n) is 3.27. The number of aryl methyl sites for hydroxylation is 3. The number of rotatable bonds is 4. The maximum Gasteiger partial charge on any atom is 0.261 e. The van der Waals surface area contributed by atoms with Gasteiger partial charge >= 0.3 is 0 Å². The van der Waals surface area contributed by atoms with Gasteiger partial charge in [0.2, 0.25) is 0 Å². The highest BCUT2D eigenvalue weighted by molar-refractivity contribution is 5.81. The number of nitrogens with one attached hydrogen (secondary N) is 1. The Bertz CT molecular complexity index is 738. The number of fused-ring (bicyclic) bond motifs is 1. The van der Waals surface area contributed by atoms with E-state index in [0.29, 0.717) is 0 Å². The highest BCUT2D eigenvalue weighted by Gasteiger charge is 2.24. The molecule has 3 rings (SSSR count). The smallest absolute Gasteiger partial charge is 0.261 e. The van der Waals surface area contributed by atoms with Gasteiger partial charge in [-0.3, -0.25) is 4.79 Å². The molecule has 3 heteroatoms. The molecule has 0 aliphatic heterocycles. The topological polar surface area (TPSA) is 38.3 Å². The van der Waals surface area contributed by atoms with Crippen molar-refractivity contribution in [2.45, 2.75) is 52.2 Å². The van der Waals surface area contributed by atoms with Crippen LogP contribution in [0.25, 0.3) is 0 Å². The van der Waals surface area contributed by atoms with Crippen molar-refractivity contribution in [3.63, 3.8) is 0 Å². The Balaban J connectivity index is 1.68. The quantitative estimate of drug-likeness (QED) is 0.913. The van der Waals surface area contributed by atoms with E-state index >= 15 is 0 Å². The Morgan fingerprint density at radius 1 is 1.21 bits per heavy atom. The van der Waals surface area contributed by atoms with Crippen LogP contribution in [0.2, 0.25) is 0 Å². The molecule has 2 aromatic carbocycles. The molecule has 126 valence electrons. The molecule has 0 fully saturated rings. The lowest BCUT2D eigenvalue weighted by Gasteiger charge is -2.27. The van der Waals surface area contributed by atoms with Crippen molar-refractivity contribution in [3.8, 4) is 5.75 Å². The van der Waals surface area contributed by atoms with Crippen LogP contribution in [0.4, 0.5) is 0 Å². The molecule has 0 bridgehead atoms. The van der Waals surface area contributed by atoms with Gasteiger partial charge in [0, 0.05) is 0 Å². The summed E-state index contributed by atoms with van der Waals surface area (Å²) in [5, 5.41) is 3.17. The van der Waals surface area contributed by atoms with E-state index in [4.69, 9.17) is 4.74 Å². The number of amides is 1. The fourth-order valence-corrected chi connectivity index (χ4v) is 3.27. The average Bonchev–Trinajstić information content (AvgIpc) is 2.58. The molecule has 0 saturated heterocycles. The van der Waals surface area contributed by atoms with Gasteiger partial charge in [0.25, 0.3) is 5.91 Å². The molecule has 3 nitrogen and oxygen atoms in total. The molecule has 1 aliphatic rings. The normalized spacial score (nSPS) is 17.7. The van der Waals surface area contributed by atoms with Crippen molar-refractivity contribution < 1.29 is 9.53 Å². The second-order valence-electron chi connectivity index (χ2n) is 6.68. The predicted molar refractivity (Wildman–Crippen MR) is 96.3 cm³/mol. The molecule has 0 unspecified atom stereocenters. The summed E-state index contributed by atoms with van der Waals surface area (Å²) in [7, 11) is 0. The first kappa shape index (κ1) is 16.6. The van der Waals surface area contributed by atoms with E-state index in [1.54, 1.807) is 0 Å². The summed E-state index contributed by atoms with van der Waals surface area (Å²) in [5.74, 6) is 0.722. The van der Waals surface area contributed by atoms with Crippen LogP contribution >= 0.6 is 0 Å². The summed E-state index contributed by atoms with van der Waals surface area (Å²) in [4.78, 5) is 12.6. The lowest BCUT2D eigenvalue weighted by Crippen LogP contribution is -2.39. The summed E-state index contributed by atoms with van der Waals surface area (Å²) >= 11 is 0. The number of ether oxygens (including phenoxy) is 1. The van der Waals surface area contributed by atoms with Gasteiger partial charge in [0.1, 0.15) is 5.75 Å². The molecule has 0 spiro atoms. The molecule has 1 amide bonds. The molecular formula is C21H25NO2. The SMILES string of the molecule is Cc1ccc(C)c(O[C@H](C)C(=O)N[C@@H]2CCCc3ccccc32)c1. The van der Waals surface area contributed by atoms with Crippen LogP contribution in [-0.2, 0) is 11.2 Å². The number of carbonyl (C=O) groups is 1. The Hall–Kier alpha value is -2.29. The van der Waals surface area contributed by atoms with Crippen LogP contribution in [0.15, 0.2) is 42.5 Å². The second kappa shape index (κ2) is 7.08. The standard InChI is InChI=1S/C21H25NO2/c1-14-11-12-15(2)20(13-14)24-16(3)21(23)22-19-10-6-8-17-7-4-5-9-18(17)19/h4-5,7,9,11-13,16,19H,6,8,10H2,1-3H3,(H,22,23)/t16-,19-/m1/s1. The number of benzene rings is 2. The minimum atomic E-state index is -0.514. The first-order chi connectivity index (χ1) is 11.5. The maximum atomic E-state index is 12.6. The largest absolute Gasteiger partial charge is 0.481 e. The van der Waals surface area contributed by atoms with Gasteiger partial charge in [-0.25, -0.2) is 0 Å². The monoisotopic (exact) mass is 323 g/mol. The van der Waals surface area contributed by atoms with Crippen molar-refractivity contribution in [1.29, 1.82) is 0 Å². The third-order valence-electron chi connectivity index (χ3n) is 4.70. The van der Waals surface area contributed by atoms with Crippen molar-refractivity contribution >= 4 is 5.91 Å². The van der Waals surface area contributed by atoms with Crippen LogP contribution in [0.3, 0.4) is 0 Å². The number of carbonyl (C=O) groups excluding carboxylic acids is 1. The highest BCUT2D eigenvalue weighted by atomic mass is 16.5. The molecule has 2 atom stereocenters. The van der Waals surface area contributed by atoms with E-state index in [9.17, 15) is 4.79 Å². The van der Waals surface area contributed by atoms with Crippen LogP contribution in [-0.4, -0.2) is 12.0 Å². The second-order valence-corrected chi connectivity index (χ2v) is 6.68. The third kappa shape index (κ3) is 3.61. The van der Waals surface area contributed by atoms with Crippen LogP contribution in [0.5, 0.6) is 5.75 Å². The van der Waals surface area contributed by atoms with E-state index in [1.807, 2.05) is 45.0 Å². The number of hydrogen-bond donors (Lipinski definition) is 1. The average molecular weight is 323 g/mol. The first-order valence-electron chi connectivity index (χ1n) is 8.66. The van der Waals surface area contributed by atoms with Gasteiger partial charge in [-0.05, 0) is 68.4 Å². The molecular weight excluding hydrogens is 298 g/mol. The van der Waals surface area contributed by atoms with E-state index in [1.165, 1.54) is 11.1 Å². The molecule has 0 aromatic heterocycles. The van der Waals surface area contributed by atoms with Crippen molar-refractivity contribution in [2.75, 3.05) is 0 Å². The molecule has 24 heavy (non-hydrogen) atoms. The molecule has 1 aliphatic carbocycles. The van der Waals surface area contributed by atoms with Gasteiger partial charge in [-0.2, -0.15) is 0 Å². The van der Waals surface area contributed by atoms with Gasteiger partial charge in [0.15, 0.2) is 6.10 Å². The Kier molecular flexibility index (Phi) is 4.89. The third-order valence-corrected chi connectivity index (χ3v) is 4.70. The summed E-state index contributed by atoms with van der Waals surface area (Å²) < 4.78 is 5.91. The lowest BCUT2D eigenvalue weighted by atomic mass is 9.87. The summed E-state index contributed by atoms with van der Waals surface area (Å²) in [5.41, 5.74) is 4.76. The summed E-state index contributed by atoms with van der Waals surface area (Å²) in [6, 6.07) is 14.5. The first-order valence-corrected chi connectivity index (χ1v) is 8.66. The van der Waals surface area contributed by atoms with Gasteiger partial charge in [-0.15, -0.1) is 0 Å². The maximum absolute atomic E-state index is 12.6. The van der Waals surface area contributed by atoms with Gasteiger partial charge < -0.3 is 10.1 Å². The van der Waals surface area contributed by atoms with E-state index in [2.05, 4.69) is 23.5 Å². The van der Waals surface area contributed by atoms with Crippen molar-refractivity contribution in [2.24, 2.45) is 0 Å². The minimum Gasteiger partial charge on any atom is -0.481 e. The lowest BCUT2D eigenvalue weighted by molar-refractivity contribution is -0.128. The molecule has 0 radical (unpaired) electrons. The van der Waals surface area contributed by atoms with E-state index in [-0.39, 0.29) is 11.9 Å². The van der Waals surface area contributed by atoms with Crippen LogP contribution < -0.4 is 10.1 Å². The molecule has 0 heterocycles. The highest BCUT2D eigenvalue weighted by Crippen LogP contribution is 2.29. The van der Waals surface area contributed by atoms with E-state index < -0.39 is 6.10 Å². The minimum absolute atomic E-state index is 0.0578. The predicted octanol–water partition coefficient (Wildman–Crippen LogP) is 4.26. The van der Waals surface area contributed by atoms with Crippen molar-refractivity contribution in [3.05, 3.63) is 64.7 Å². The zero-order valence-electron chi connectivity index (χ0n) is 14.6. The zero-order valence-corrected chi connectivity index (χ0v) is 14.6. The molecule has 0 saturated carbocycles.